The fourth-order valence-corrected chi connectivity index (χ4v) is 7.95. The number of nitrogens with one attached hydrogen (secondary N) is 5. The van der Waals surface area contributed by atoms with Crippen molar-refractivity contribution in [2.75, 3.05) is 11.1 Å². The highest BCUT2D eigenvalue weighted by Gasteiger charge is 2.17. The van der Waals surface area contributed by atoms with Gasteiger partial charge in [-0.15, -0.1) is 0 Å². The second-order valence-corrected chi connectivity index (χ2v) is 15.9. The second-order valence-electron chi connectivity index (χ2n) is 15.9. The maximum Gasteiger partial charge on any atom is 0.159 e. The number of aromatic nitrogens is 12. The van der Waals surface area contributed by atoms with Crippen molar-refractivity contribution in [1.29, 1.82) is 0 Å². The number of pyridine rings is 4. The number of nitrogens with two attached hydrogens (primary N) is 1. The third-order valence-electron chi connectivity index (χ3n) is 11.6. The lowest BCUT2D eigenvalue weighted by molar-refractivity contribution is 0.280. The highest BCUT2D eigenvalue weighted by Crippen LogP contribution is 2.34. The third-order valence-corrected chi connectivity index (χ3v) is 11.6. The van der Waals surface area contributed by atoms with Crippen molar-refractivity contribution < 1.29 is 5.11 Å². The van der Waals surface area contributed by atoms with Crippen molar-refractivity contribution in [3.63, 3.8) is 0 Å². The summed E-state index contributed by atoms with van der Waals surface area (Å²) in [5.74, 6) is 1.49. The minimum atomic E-state index is -0.0230. The number of aromatic amines is 4. The number of anilines is 2. The largest absolute Gasteiger partial charge is 0.397 e. The van der Waals surface area contributed by atoms with Gasteiger partial charge in [-0.2, -0.15) is 10.2 Å². The number of H-pyrrole nitrogens is 4. The number of aliphatic hydroxyl groups excluding tert-OH is 1. The molecule has 0 unspecified atom stereocenters. The number of fused-ring (bicyclic) bond motifs is 4. The first-order valence-electron chi connectivity index (χ1n) is 21.5. The topological polar surface area (TPSA) is 225 Å². The molecular formula is C52H44N14O. The molecule has 0 fully saturated rings. The number of para-hydroxylation sites is 4. The van der Waals surface area contributed by atoms with Crippen LogP contribution in [0.3, 0.4) is 0 Å². The van der Waals surface area contributed by atoms with Crippen LogP contribution in [0.5, 0.6) is 0 Å². The SMILES string of the molecule is Cc1c(CNc2cccnc2)cncc1-c1ccc2[nH]nc(-c3nc4ccccc4[nH]3)c2c1.Cc1c(CO)cncc1-c1ccc2[nH]nc(-c3nc4ccccc4[nH]3)c2c1.Nc1cccnc1. The molecule has 0 saturated carbocycles. The number of benzene rings is 4. The van der Waals surface area contributed by atoms with E-state index in [0.717, 1.165) is 112 Å². The molecule has 67 heavy (non-hydrogen) atoms. The van der Waals surface area contributed by atoms with Crippen LogP contribution < -0.4 is 11.1 Å². The van der Waals surface area contributed by atoms with Crippen LogP contribution in [-0.2, 0) is 13.2 Å². The molecule has 15 nitrogen and oxygen atoms in total. The number of imidazole rings is 2. The zero-order chi connectivity index (χ0) is 45.7. The summed E-state index contributed by atoms with van der Waals surface area (Å²) >= 11 is 0. The highest BCUT2D eigenvalue weighted by atomic mass is 16.3. The Kier molecular flexibility index (Phi) is 11.6. The zero-order valence-corrected chi connectivity index (χ0v) is 36.5. The maximum absolute atomic E-state index is 9.52. The average Bonchev–Trinajstić information content (AvgIpc) is 4.19. The highest BCUT2D eigenvalue weighted by molar-refractivity contribution is 5.97. The predicted octanol–water partition coefficient (Wildman–Crippen LogP) is 10.1. The minimum absolute atomic E-state index is 0.0230. The zero-order valence-electron chi connectivity index (χ0n) is 36.5. The van der Waals surface area contributed by atoms with Gasteiger partial charge in [-0.3, -0.25) is 30.1 Å². The Labute approximate surface area is 383 Å². The van der Waals surface area contributed by atoms with Crippen LogP contribution in [0.1, 0.15) is 22.3 Å². The average molecular weight is 881 g/mol. The first kappa shape index (κ1) is 41.9. The number of hydrogen-bond donors (Lipinski definition) is 7. The summed E-state index contributed by atoms with van der Waals surface area (Å²) < 4.78 is 0. The van der Waals surface area contributed by atoms with E-state index in [1.807, 2.05) is 105 Å². The molecule has 8 heterocycles. The summed E-state index contributed by atoms with van der Waals surface area (Å²) in [7, 11) is 0. The van der Waals surface area contributed by atoms with E-state index in [9.17, 15) is 5.11 Å². The van der Waals surface area contributed by atoms with Gasteiger partial charge in [0.2, 0.25) is 0 Å². The molecule has 0 saturated heterocycles. The molecule has 0 aliphatic rings. The first-order chi connectivity index (χ1) is 32.9. The van der Waals surface area contributed by atoms with E-state index in [1.54, 1.807) is 36.9 Å². The molecule has 0 amide bonds. The molecule has 4 aromatic carbocycles. The molecule has 0 spiro atoms. The summed E-state index contributed by atoms with van der Waals surface area (Å²) in [5, 5.41) is 30.2. The molecule has 0 atom stereocenters. The van der Waals surface area contributed by atoms with Gasteiger partial charge < -0.3 is 26.1 Å². The summed E-state index contributed by atoms with van der Waals surface area (Å²) in [4.78, 5) is 32.8. The monoisotopic (exact) mass is 880 g/mol. The fraction of sp³-hybridized carbons (Fsp3) is 0.0769. The van der Waals surface area contributed by atoms with Gasteiger partial charge in [0, 0.05) is 78.0 Å². The summed E-state index contributed by atoms with van der Waals surface area (Å²) in [6.07, 6.45) is 14.3. The van der Waals surface area contributed by atoms with Gasteiger partial charge in [-0.1, -0.05) is 36.4 Å². The molecule has 0 radical (unpaired) electrons. The number of rotatable bonds is 8. The van der Waals surface area contributed by atoms with Crippen molar-refractivity contribution in [2.45, 2.75) is 27.0 Å². The molecule has 328 valence electrons. The van der Waals surface area contributed by atoms with Gasteiger partial charge in [-0.25, -0.2) is 9.97 Å². The number of aliphatic hydroxyl groups is 1. The molecule has 12 rings (SSSR count). The van der Waals surface area contributed by atoms with Gasteiger partial charge in [0.1, 0.15) is 11.4 Å². The lowest BCUT2D eigenvalue weighted by Gasteiger charge is -2.12. The molecule has 0 aliphatic heterocycles. The number of nitrogen functional groups attached to an aromatic ring is 1. The summed E-state index contributed by atoms with van der Waals surface area (Å²) in [6, 6.07) is 35.9. The quantitative estimate of drug-likeness (QED) is 0.0760. The Balaban J connectivity index is 0.000000139. The summed E-state index contributed by atoms with van der Waals surface area (Å²) in [5.41, 5.74) is 22.7. The van der Waals surface area contributed by atoms with Crippen molar-refractivity contribution in [3.8, 4) is 45.3 Å². The molecule has 12 aromatic rings. The van der Waals surface area contributed by atoms with Crippen LogP contribution in [0, 0.1) is 13.8 Å². The van der Waals surface area contributed by atoms with Gasteiger partial charge in [0.15, 0.2) is 11.6 Å². The third kappa shape index (κ3) is 8.77. The molecule has 8 aromatic heterocycles. The molecule has 8 N–H and O–H groups in total. The minimum Gasteiger partial charge on any atom is -0.397 e. The van der Waals surface area contributed by atoms with Crippen molar-refractivity contribution >= 4 is 55.2 Å². The lowest BCUT2D eigenvalue weighted by Crippen LogP contribution is -2.03. The Morgan fingerprint density at radius 1 is 0.537 bits per heavy atom. The van der Waals surface area contributed by atoms with Crippen LogP contribution in [0.25, 0.3) is 89.2 Å². The molecule has 0 bridgehead atoms. The van der Waals surface area contributed by atoms with E-state index >= 15 is 0 Å². The van der Waals surface area contributed by atoms with E-state index in [-0.39, 0.29) is 6.61 Å². The summed E-state index contributed by atoms with van der Waals surface area (Å²) in [6.45, 7) is 4.79. The lowest BCUT2D eigenvalue weighted by atomic mass is 9.98. The molecule has 0 aliphatic carbocycles. The maximum atomic E-state index is 9.52. The van der Waals surface area contributed by atoms with Gasteiger partial charge in [0.25, 0.3) is 0 Å². The van der Waals surface area contributed by atoms with E-state index in [0.29, 0.717) is 12.2 Å². The van der Waals surface area contributed by atoms with E-state index in [2.05, 4.69) is 91.8 Å². The normalized spacial score (nSPS) is 11.1. The van der Waals surface area contributed by atoms with Crippen LogP contribution >= 0.6 is 0 Å². The van der Waals surface area contributed by atoms with Gasteiger partial charge in [0.05, 0.1) is 51.1 Å². The number of nitrogens with zero attached hydrogens (tertiary/aromatic N) is 8. The van der Waals surface area contributed by atoms with Crippen LogP contribution in [0.2, 0.25) is 0 Å². The molecule has 15 heteroatoms. The van der Waals surface area contributed by atoms with E-state index in [4.69, 9.17) is 10.7 Å². The van der Waals surface area contributed by atoms with Crippen LogP contribution in [-0.4, -0.2) is 65.4 Å². The number of hydrogen-bond acceptors (Lipinski definition) is 11. The Bertz CT molecular complexity index is 3570. The molecular weight excluding hydrogens is 837 g/mol. The van der Waals surface area contributed by atoms with Crippen molar-refractivity contribution in [2.24, 2.45) is 0 Å². The van der Waals surface area contributed by atoms with Crippen LogP contribution in [0.15, 0.2) is 159 Å². The Morgan fingerprint density at radius 3 is 1.57 bits per heavy atom. The van der Waals surface area contributed by atoms with E-state index in [1.165, 1.54) is 5.56 Å². The van der Waals surface area contributed by atoms with Crippen molar-refractivity contribution in [3.05, 3.63) is 181 Å². The fourth-order valence-electron chi connectivity index (χ4n) is 7.95. The smallest absolute Gasteiger partial charge is 0.159 e. The Hall–Kier alpha value is -9.08. The van der Waals surface area contributed by atoms with Gasteiger partial charge >= 0.3 is 0 Å². The van der Waals surface area contributed by atoms with Crippen molar-refractivity contribution in [1.82, 2.24) is 60.3 Å². The standard InChI is InChI=1S/C26H21N7.C21H17N5O.C5H6N2/c1-16-18(13-29-19-5-4-10-27-14-19)12-28-15-21(16)17-8-9-22-20(11-17)25(33-32-22)26-30-23-6-2-3-7-24(23)31-26;1-12-14(11-27)9-22-10-16(12)13-6-7-17-15(8-13)20(26-25-17)21-23-18-4-2-3-5-19(18)24-21;6-5-2-1-3-7-4-5/h2-12,14-15,29H,13H2,1H3,(H,30,31)(H,32,33);2-10,27H,11H2,1H3,(H,23,24)(H,25,26);1-4H,6H2. The second kappa shape index (κ2) is 18.6. The van der Waals surface area contributed by atoms with Crippen LogP contribution in [0.4, 0.5) is 11.4 Å². The Morgan fingerprint density at radius 2 is 1.07 bits per heavy atom. The van der Waals surface area contributed by atoms with Gasteiger partial charge in [-0.05, 0) is 120 Å². The predicted molar refractivity (Wildman–Crippen MR) is 264 cm³/mol. The van der Waals surface area contributed by atoms with E-state index < -0.39 is 0 Å². The first-order valence-corrected chi connectivity index (χ1v) is 21.5.